The summed E-state index contributed by atoms with van der Waals surface area (Å²) in [5.74, 6) is -0.768. The van der Waals surface area contributed by atoms with Gasteiger partial charge in [0.1, 0.15) is 0 Å². The van der Waals surface area contributed by atoms with Crippen molar-refractivity contribution in [3.05, 3.63) is 41.0 Å². The Kier molecular flexibility index (Phi) is 4.95. The van der Waals surface area contributed by atoms with Gasteiger partial charge >= 0.3 is 0 Å². The van der Waals surface area contributed by atoms with Crippen molar-refractivity contribution in [1.82, 2.24) is 0 Å². The van der Waals surface area contributed by atoms with Crippen molar-refractivity contribution >= 4 is 11.9 Å². The molecule has 0 saturated heterocycles. The monoisotopic (exact) mass is 357 g/mol. The van der Waals surface area contributed by atoms with Crippen LogP contribution in [0.4, 0.5) is 5.69 Å². The molecule has 0 bridgehead atoms. The van der Waals surface area contributed by atoms with Crippen molar-refractivity contribution in [2.24, 2.45) is 4.99 Å². The summed E-state index contributed by atoms with van der Waals surface area (Å²) in [4.78, 5) is 4.45. The van der Waals surface area contributed by atoms with E-state index >= 15 is 0 Å². The van der Waals surface area contributed by atoms with E-state index in [4.69, 9.17) is 0 Å². The molecule has 140 valence electrons. The van der Waals surface area contributed by atoms with Gasteiger partial charge in [-0.25, -0.2) is 0 Å². The second-order valence-electron chi connectivity index (χ2n) is 8.55. The van der Waals surface area contributed by atoms with Gasteiger partial charge in [0.15, 0.2) is 23.0 Å². The van der Waals surface area contributed by atoms with Crippen molar-refractivity contribution in [2.75, 3.05) is 0 Å². The molecule has 0 fully saturated rings. The first-order valence-corrected chi connectivity index (χ1v) is 8.47. The van der Waals surface area contributed by atoms with Gasteiger partial charge in [-0.3, -0.25) is 4.99 Å². The Morgan fingerprint density at radius 2 is 1.23 bits per heavy atom. The van der Waals surface area contributed by atoms with Crippen molar-refractivity contribution in [1.29, 1.82) is 0 Å². The fourth-order valence-electron chi connectivity index (χ4n) is 2.70. The van der Waals surface area contributed by atoms with E-state index in [9.17, 15) is 20.4 Å². The van der Waals surface area contributed by atoms with Crippen LogP contribution in [0.5, 0.6) is 23.0 Å². The van der Waals surface area contributed by atoms with E-state index in [1.54, 1.807) is 12.3 Å². The number of phenols is 4. The predicted octanol–water partition coefficient (Wildman–Crippen LogP) is 4.85. The summed E-state index contributed by atoms with van der Waals surface area (Å²) in [7, 11) is 0. The average molecular weight is 357 g/mol. The van der Waals surface area contributed by atoms with E-state index < -0.39 is 0 Å². The predicted molar refractivity (Wildman–Crippen MR) is 104 cm³/mol. The SMILES string of the molecule is CC(C)(C)c1cc(O)c(O)cc1N=Cc1cc(O)c(O)c(C(C)(C)C)c1. The van der Waals surface area contributed by atoms with Crippen LogP contribution < -0.4 is 0 Å². The maximum Gasteiger partial charge on any atom is 0.161 e. The van der Waals surface area contributed by atoms with Crippen molar-refractivity contribution in [3.63, 3.8) is 0 Å². The summed E-state index contributed by atoms with van der Waals surface area (Å²) in [6.45, 7) is 11.8. The summed E-state index contributed by atoms with van der Waals surface area (Å²) >= 11 is 0. The summed E-state index contributed by atoms with van der Waals surface area (Å²) in [5.41, 5.74) is 1.91. The Morgan fingerprint density at radius 3 is 1.77 bits per heavy atom. The number of aliphatic imine (C=N–C) groups is 1. The van der Waals surface area contributed by atoms with Crippen molar-refractivity contribution in [2.45, 2.75) is 52.4 Å². The van der Waals surface area contributed by atoms with Crippen LogP contribution in [0.15, 0.2) is 29.3 Å². The molecule has 0 amide bonds. The van der Waals surface area contributed by atoms with Gasteiger partial charge < -0.3 is 20.4 Å². The third-order valence-corrected chi connectivity index (χ3v) is 4.17. The van der Waals surface area contributed by atoms with Gasteiger partial charge in [-0.1, -0.05) is 41.5 Å². The Labute approximate surface area is 154 Å². The highest BCUT2D eigenvalue weighted by atomic mass is 16.3. The van der Waals surface area contributed by atoms with Gasteiger partial charge in [-0.15, -0.1) is 0 Å². The van der Waals surface area contributed by atoms with Gasteiger partial charge in [-0.2, -0.15) is 0 Å². The maximum atomic E-state index is 10.1. The summed E-state index contributed by atoms with van der Waals surface area (Å²) < 4.78 is 0. The maximum absolute atomic E-state index is 10.1. The smallest absolute Gasteiger partial charge is 0.161 e. The third kappa shape index (κ3) is 4.10. The first kappa shape index (κ1) is 19.6. The Bertz CT molecular complexity index is 856. The average Bonchev–Trinajstić information content (AvgIpc) is 2.48. The number of benzene rings is 2. The van der Waals surface area contributed by atoms with Crippen LogP contribution in [0, 0.1) is 0 Å². The van der Waals surface area contributed by atoms with Gasteiger partial charge in [0.05, 0.1) is 5.69 Å². The molecule has 0 aliphatic rings. The molecule has 0 aromatic heterocycles. The molecule has 2 rings (SSSR count). The molecule has 0 saturated carbocycles. The Balaban J connectivity index is 2.55. The Morgan fingerprint density at radius 1 is 0.692 bits per heavy atom. The molecule has 0 spiro atoms. The fraction of sp³-hybridized carbons (Fsp3) is 0.381. The molecule has 0 atom stereocenters. The van der Waals surface area contributed by atoms with Crippen molar-refractivity contribution < 1.29 is 20.4 Å². The first-order valence-electron chi connectivity index (χ1n) is 8.47. The van der Waals surface area contributed by atoms with Crippen LogP contribution in [0.25, 0.3) is 0 Å². The van der Waals surface area contributed by atoms with E-state index in [1.165, 1.54) is 18.2 Å². The molecule has 0 aliphatic heterocycles. The second kappa shape index (κ2) is 6.56. The zero-order valence-electron chi connectivity index (χ0n) is 16.1. The Hall–Kier alpha value is -2.69. The minimum absolute atomic E-state index is 0.132. The molecular formula is C21H27NO4. The lowest BCUT2D eigenvalue weighted by molar-refractivity contribution is 0.389. The van der Waals surface area contributed by atoms with Crippen LogP contribution in [-0.2, 0) is 10.8 Å². The van der Waals surface area contributed by atoms with Crippen molar-refractivity contribution in [3.8, 4) is 23.0 Å². The van der Waals surface area contributed by atoms with E-state index in [0.717, 1.165) is 5.56 Å². The largest absolute Gasteiger partial charge is 0.504 e. The van der Waals surface area contributed by atoms with E-state index in [2.05, 4.69) is 4.99 Å². The lowest BCUT2D eigenvalue weighted by Gasteiger charge is -2.22. The highest BCUT2D eigenvalue weighted by Crippen LogP contribution is 2.40. The molecule has 4 N–H and O–H groups in total. The van der Waals surface area contributed by atoms with E-state index in [-0.39, 0.29) is 33.8 Å². The third-order valence-electron chi connectivity index (χ3n) is 4.17. The molecule has 0 radical (unpaired) electrons. The van der Waals surface area contributed by atoms with E-state index in [0.29, 0.717) is 16.8 Å². The van der Waals surface area contributed by atoms with Crippen LogP contribution in [0.3, 0.4) is 0 Å². The molecule has 0 unspecified atom stereocenters. The molecule has 2 aromatic carbocycles. The number of rotatable bonds is 2. The minimum atomic E-state index is -0.348. The lowest BCUT2D eigenvalue weighted by atomic mass is 9.85. The standard InChI is InChI=1S/C21H27NO4/c1-20(2,3)13-9-16(23)17(24)10-15(13)22-11-12-7-14(21(4,5)6)19(26)18(25)8-12/h7-11,23-26H,1-6H3. The van der Waals surface area contributed by atoms with Gasteiger partial charge in [-0.05, 0) is 40.2 Å². The fourth-order valence-corrected chi connectivity index (χ4v) is 2.70. The zero-order chi connectivity index (χ0) is 19.9. The molecular weight excluding hydrogens is 330 g/mol. The summed E-state index contributed by atoms with van der Waals surface area (Å²) in [6, 6.07) is 6.13. The van der Waals surface area contributed by atoms with Gasteiger partial charge in [0.2, 0.25) is 0 Å². The highest BCUT2D eigenvalue weighted by Gasteiger charge is 2.22. The normalized spacial score (nSPS) is 12.7. The molecule has 2 aromatic rings. The lowest BCUT2D eigenvalue weighted by Crippen LogP contribution is -2.12. The summed E-state index contributed by atoms with van der Waals surface area (Å²) in [5, 5.41) is 39.8. The number of aromatic hydroxyl groups is 4. The van der Waals surface area contributed by atoms with Gasteiger partial charge in [0.25, 0.3) is 0 Å². The quantitative estimate of drug-likeness (QED) is 0.456. The van der Waals surface area contributed by atoms with Crippen LogP contribution >= 0.6 is 0 Å². The van der Waals surface area contributed by atoms with Crippen LogP contribution in [0.1, 0.15) is 58.2 Å². The number of phenolic OH excluding ortho intramolecular Hbond substituents is 4. The first-order chi connectivity index (χ1) is 11.8. The molecule has 5 nitrogen and oxygen atoms in total. The number of hydrogen-bond acceptors (Lipinski definition) is 5. The molecule has 26 heavy (non-hydrogen) atoms. The molecule has 0 heterocycles. The summed E-state index contributed by atoms with van der Waals surface area (Å²) in [6.07, 6.45) is 1.56. The van der Waals surface area contributed by atoms with E-state index in [1.807, 2.05) is 41.5 Å². The number of hydrogen-bond donors (Lipinski definition) is 4. The van der Waals surface area contributed by atoms with Crippen LogP contribution in [0.2, 0.25) is 0 Å². The zero-order valence-corrected chi connectivity index (χ0v) is 16.1. The molecule has 0 aliphatic carbocycles. The second-order valence-corrected chi connectivity index (χ2v) is 8.55. The highest BCUT2D eigenvalue weighted by molar-refractivity contribution is 5.84. The molecule has 5 heteroatoms. The topological polar surface area (TPSA) is 93.3 Å². The van der Waals surface area contributed by atoms with Gasteiger partial charge in [0, 0.05) is 17.8 Å². The number of nitrogens with zero attached hydrogens (tertiary/aromatic N) is 1. The minimum Gasteiger partial charge on any atom is -0.504 e. The van der Waals surface area contributed by atoms with Crippen LogP contribution in [-0.4, -0.2) is 26.6 Å².